The molecule has 17 heavy (non-hydrogen) atoms. The van der Waals surface area contributed by atoms with Crippen LogP contribution in [0.3, 0.4) is 0 Å². The van der Waals surface area contributed by atoms with Crippen LogP contribution in [0.4, 0.5) is 4.39 Å². The predicted molar refractivity (Wildman–Crippen MR) is 66.1 cm³/mol. The van der Waals surface area contributed by atoms with Gasteiger partial charge >= 0.3 is 0 Å². The molecule has 0 aliphatic carbocycles. The molecular weight excluding hydrogens is 219 g/mol. The number of hydrogen-bond donors (Lipinski definition) is 2. The van der Waals surface area contributed by atoms with Crippen LogP contribution < -0.4 is 11.1 Å². The normalized spacial score (nSPS) is 13.2. The van der Waals surface area contributed by atoms with Crippen LogP contribution in [-0.2, 0) is 4.79 Å². The Kier molecular flexibility index (Phi) is 4.23. The predicted octanol–water partition coefficient (Wildman–Crippen LogP) is 1.78. The van der Waals surface area contributed by atoms with Crippen molar-refractivity contribution in [2.45, 2.75) is 32.2 Å². The smallest absolute Gasteiger partial charge is 0.227 e. The minimum atomic E-state index is -0.447. The van der Waals surface area contributed by atoms with Crippen molar-refractivity contribution in [3.8, 4) is 0 Å². The summed E-state index contributed by atoms with van der Waals surface area (Å²) < 4.78 is 13.0. The van der Waals surface area contributed by atoms with E-state index in [-0.39, 0.29) is 17.6 Å². The molecule has 0 aliphatic rings. The summed E-state index contributed by atoms with van der Waals surface area (Å²) in [5, 5.41) is 2.75. The van der Waals surface area contributed by atoms with E-state index in [1.165, 1.54) is 12.1 Å². The molecule has 0 spiro atoms. The molecule has 3 N–H and O–H groups in total. The molecule has 1 unspecified atom stereocenters. The molecule has 0 heterocycles. The zero-order chi connectivity index (χ0) is 13.1. The second-order valence-electron chi connectivity index (χ2n) is 4.98. The number of amides is 1. The van der Waals surface area contributed by atoms with Crippen molar-refractivity contribution in [2.75, 3.05) is 6.54 Å². The van der Waals surface area contributed by atoms with Crippen molar-refractivity contribution < 1.29 is 9.18 Å². The highest BCUT2D eigenvalue weighted by Crippen LogP contribution is 2.16. The van der Waals surface area contributed by atoms with Crippen LogP contribution in [0.15, 0.2) is 24.3 Å². The van der Waals surface area contributed by atoms with E-state index in [1.807, 2.05) is 13.8 Å². The molecule has 1 amide bonds. The lowest BCUT2D eigenvalue weighted by atomic mass is 9.99. The Morgan fingerprint density at radius 1 is 1.53 bits per heavy atom. The van der Waals surface area contributed by atoms with Crippen LogP contribution in [0.25, 0.3) is 0 Å². The Morgan fingerprint density at radius 2 is 2.18 bits per heavy atom. The number of benzene rings is 1. The van der Waals surface area contributed by atoms with Gasteiger partial charge in [-0.25, -0.2) is 4.39 Å². The first-order chi connectivity index (χ1) is 7.79. The van der Waals surface area contributed by atoms with E-state index in [2.05, 4.69) is 5.32 Å². The van der Waals surface area contributed by atoms with Gasteiger partial charge in [0.1, 0.15) is 5.82 Å². The Balaban J connectivity index is 2.64. The van der Waals surface area contributed by atoms with Crippen LogP contribution in [-0.4, -0.2) is 18.0 Å². The van der Waals surface area contributed by atoms with Crippen LogP contribution >= 0.6 is 0 Å². The van der Waals surface area contributed by atoms with Crippen molar-refractivity contribution in [2.24, 2.45) is 5.73 Å². The van der Waals surface area contributed by atoms with E-state index >= 15 is 0 Å². The number of carbonyl (C=O) groups is 1. The van der Waals surface area contributed by atoms with Gasteiger partial charge in [-0.2, -0.15) is 0 Å². The van der Waals surface area contributed by atoms with E-state index in [0.717, 1.165) is 0 Å². The fraction of sp³-hybridized carbons (Fsp3) is 0.462. The highest BCUT2D eigenvalue weighted by Gasteiger charge is 2.18. The van der Waals surface area contributed by atoms with E-state index in [4.69, 9.17) is 5.73 Å². The molecule has 94 valence electrons. The van der Waals surface area contributed by atoms with Gasteiger partial charge in [-0.1, -0.05) is 12.1 Å². The van der Waals surface area contributed by atoms with Gasteiger partial charge in [-0.15, -0.1) is 0 Å². The Labute approximate surface area is 101 Å². The second kappa shape index (κ2) is 5.27. The van der Waals surface area contributed by atoms with Gasteiger partial charge in [0.2, 0.25) is 5.91 Å². The molecule has 0 aliphatic heterocycles. The summed E-state index contributed by atoms with van der Waals surface area (Å²) in [5.74, 6) is -0.858. The average molecular weight is 238 g/mol. The molecule has 1 atom stereocenters. The largest absolute Gasteiger partial charge is 0.354 e. The molecule has 1 aromatic carbocycles. The summed E-state index contributed by atoms with van der Waals surface area (Å²) >= 11 is 0. The van der Waals surface area contributed by atoms with Gasteiger partial charge < -0.3 is 11.1 Å². The summed E-state index contributed by atoms with van der Waals surface area (Å²) in [6.07, 6.45) is 0. The molecule has 0 fully saturated rings. The van der Waals surface area contributed by atoms with Crippen molar-refractivity contribution in [3.05, 3.63) is 35.6 Å². The van der Waals surface area contributed by atoms with Gasteiger partial charge in [0.15, 0.2) is 0 Å². The van der Waals surface area contributed by atoms with Crippen molar-refractivity contribution in [3.63, 3.8) is 0 Å². The van der Waals surface area contributed by atoms with Crippen molar-refractivity contribution in [1.29, 1.82) is 0 Å². The van der Waals surface area contributed by atoms with Crippen LogP contribution in [0.5, 0.6) is 0 Å². The highest BCUT2D eigenvalue weighted by molar-refractivity contribution is 5.83. The third-order valence-corrected chi connectivity index (χ3v) is 2.46. The van der Waals surface area contributed by atoms with E-state index in [1.54, 1.807) is 19.1 Å². The molecule has 1 aromatic rings. The Hall–Kier alpha value is -1.42. The number of hydrogen-bond acceptors (Lipinski definition) is 2. The topological polar surface area (TPSA) is 55.1 Å². The van der Waals surface area contributed by atoms with Gasteiger partial charge in [-0.3, -0.25) is 4.79 Å². The highest BCUT2D eigenvalue weighted by atomic mass is 19.1. The standard InChI is InChI=1S/C13H19FN2O/c1-9(10-5-4-6-11(14)7-10)12(17)16-8-13(2,3)15/h4-7,9H,8,15H2,1-3H3,(H,16,17). The third kappa shape index (κ3) is 4.53. The SMILES string of the molecule is CC(C(=O)NCC(C)(C)N)c1cccc(F)c1. The summed E-state index contributed by atoms with van der Waals surface area (Å²) in [5.41, 5.74) is 5.99. The minimum absolute atomic E-state index is 0.144. The molecule has 1 rings (SSSR count). The first-order valence-corrected chi connectivity index (χ1v) is 5.61. The number of rotatable bonds is 4. The lowest BCUT2D eigenvalue weighted by molar-refractivity contribution is -0.122. The molecule has 0 saturated heterocycles. The molecule has 0 aromatic heterocycles. The van der Waals surface area contributed by atoms with Gasteiger partial charge in [-0.05, 0) is 38.5 Å². The average Bonchev–Trinajstić information content (AvgIpc) is 2.24. The van der Waals surface area contributed by atoms with E-state index in [0.29, 0.717) is 12.1 Å². The van der Waals surface area contributed by atoms with Crippen LogP contribution in [0.2, 0.25) is 0 Å². The monoisotopic (exact) mass is 238 g/mol. The molecule has 0 radical (unpaired) electrons. The van der Waals surface area contributed by atoms with Crippen molar-refractivity contribution >= 4 is 5.91 Å². The maximum absolute atomic E-state index is 13.0. The number of halogens is 1. The zero-order valence-electron chi connectivity index (χ0n) is 10.5. The molecular formula is C13H19FN2O. The summed E-state index contributed by atoms with van der Waals surface area (Å²) in [6, 6.07) is 6.07. The van der Waals surface area contributed by atoms with E-state index < -0.39 is 5.54 Å². The molecule has 0 saturated carbocycles. The molecule has 3 nitrogen and oxygen atoms in total. The fourth-order valence-electron chi connectivity index (χ4n) is 1.40. The molecule has 4 heteroatoms. The fourth-order valence-corrected chi connectivity index (χ4v) is 1.40. The number of nitrogens with two attached hydrogens (primary N) is 1. The Bertz CT molecular complexity index is 399. The Morgan fingerprint density at radius 3 is 2.71 bits per heavy atom. The summed E-state index contributed by atoms with van der Waals surface area (Å²) in [6.45, 7) is 5.80. The van der Waals surface area contributed by atoms with Crippen molar-refractivity contribution in [1.82, 2.24) is 5.32 Å². The lowest BCUT2D eigenvalue weighted by Crippen LogP contribution is -2.46. The quantitative estimate of drug-likeness (QED) is 0.840. The first kappa shape index (κ1) is 13.6. The lowest BCUT2D eigenvalue weighted by Gasteiger charge is -2.20. The maximum atomic E-state index is 13.0. The molecule has 0 bridgehead atoms. The van der Waals surface area contributed by atoms with Crippen LogP contribution in [0, 0.1) is 5.82 Å². The minimum Gasteiger partial charge on any atom is -0.354 e. The van der Waals surface area contributed by atoms with Gasteiger partial charge in [0, 0.05) is 12.1 Å². The summed E-state index contributed by atoms with van der Waals surface area (Å²) in [4.78, 5) is 11.8. The second-order valence-corrected chi connectivity index (χ2v) is 4.98. The maximum Gasteiger partial charge on any atom is 0.227 e. The van der Waals surface area contributed by atoms with Crippen LogP contribution in [0.1, 0.15) is 32.3 Å². The first-order valence-electron chi connectivity index (χ1n) is 5.61. The van der Waals surface area contributed by atoms with Gasteiger partial charge in [0.25, 0.3) is 0 Å². The van der Waals surface area contributed by atoms with E-state index in [9.17, 15) is 9.18 Å². The zero-order valence-corrected chi connectivity index (χ0v) is 10.5. The number of carbonyl (C=O) groups excluding carboxylic acids is 1. The summed E-state index contributed by atoms with van der Waals surface area (Å²) in [7, 11) is 0. The number of nitrogens with one attached hydrogen (secondary N) is 1. The van der Waals surface area contributed by atoms with Gasteiger partial charge in [0.05, 0.1) is 5.92 Å². The third-order valence-electron chi connectivity index (χ3n) is 2.46.